The number of rotatable bonds is 3. The molecule has 0 bridgehead atoms. The molecule has 6 nitrogen and oxygen atoms in total. The smallest absolute Gasteiger partial charge is 0.313 e. The standard InChI is InChI=1S/C11H9BrN4O2/c1-7-11(16(17)18)9(3-5-13-7)15-10-6-8(12)2-4-14-10/h2-6H,1H3,(H,13,14,15). The number of nitro groups is 1. The molecule has 0 aliphatic heterocycles. The minimum atomic E-state index is -0.456. The Morgan fingerprint density at radius 2 is 2.06 bits per heavy atom. The number of nitrogens with one attached hydrogen (secondary N) is 1. The topological polar surface area (TPSA) is 81.0 Å². The molecule has 2 rings (SSSR count). The molecule has 2 heterocycles. The summed E-state index contributed by atoms with van der Waals surface area (Å²) in [6, 6.07) is 5.06. The van der Waals surface area contributed by atoms with Crippen LogP contribution in [0.3, 0.4) is 0 Å². The van der Waals surface area contributed by atoms with Crippen molar-refractivity contribution in [3.8, 4) is 0 Å². The number of anilines is 2. The van der Waals surface area contributed by atoms with Gasteiger partial charge in [-0.15, -0.1) is 0 Å². The van der Waals surface area contributed by atoms with Crippen LogP contribution in [-0.2, 0) is 0 Å². The third kappa shape index (κ3) is 2.62. The predicted molar refractivity (Wildman–Crippen MR) is 70.8 cm³/mol. The van der Waals surface area contributed by atoms with Crippen molar-refractivity contribution >= 4 is 33.1 Å². The summed E-state index contributed by atoms with van der Waals surface area (Å²) in [7, 11) is 0. The minimum Gasteiger partial charge on any atom is -0.334 e. The lowest BCUT2D eigenvalue weighted by atomic mass is 10.2. The summed E-state index contributed by atoms with van der Waals surface area (Å²) in [6.45, 7) is 1.59. The minimum absolute atomic E-state index is 0.0423. The first-order valence-electron chi connectivity index (χ1n) is 5.06. The predicted octanol–water partition coefficient (Wildman–Crippen LogP) is 3.20. The van der Waals surface area contributed by atoms with E-state index < -0.39 is 4.92 Å². The van der Waals surface area contributed by atoms with Crippen LogP contribution in [-0.4, -0.2) is 14.9 Å². The maximum Gasteiger partial charge on any atom is 0.313 e. The Kier molecular flexibility index (Phi) is 3.52. The van der Waals surface area contributed by atoms with Crippen molar-refractivity contribution in [1.82, 2.24) is 9.97 Å². The zero-order chi connectivity index (χ0) is 13.1. The zero-order valence-electron chi connectivity index (χ0n) is 9.42. The van der Waals surface area contributed by atoms with Crippen LogP contribution in [0.1, 0.15) is 5.69 Å². The number of halogens is 1. The molecule has 0 atom stereocenters. The Balaban J connectivity index is 2.40. The molecule has 92 valence electrons. The highest BCUT2D eigenvalue weighted by molar-refractivity contribution is 9.10. The van der Waals surface area contributed by atoms with Crippen molar-refractivity contribution in [2.45, 2.75) is 6.92 Å². The van der Waals surface area contributed by atoms with Gasteiger partial charge in [0.1, 0.15) is 17.2 Å². The first-order valence-corrected chi connectivity index (χ1v) is 5.86. The van der Waals surface area contributed by atoms with Gasteiger partial charge in [0.2, 0.25) is 0 Å². The molecule has 0 aliphatic rings. The Bertz CT molecular complexity index is 603. The number of aromatic nitrogens is 2. The van der Waals surface area contributed by atoms with Gasteiger partial charge in [0.05, 0.1) is 4.92 Å². The van der Waals surface area contributed by atoms with E-state index in [2.05, 4.69) is 31.2 Å². The fourth-order valence-electron chi connectivity index (χ4n) is 1.50. The third-order valence-electron chi connectivity index (χ3n) is 2.27. The fourth-order valence-corrected chi connectivity index (χ4v) is 1.84. The van der Waals surface area contributed by atoms with Gasteiger partial charge in [-0.25, -0.2) is 4.98 Å². The van der Waals surface area contributed by atoms with Crippen LogP contribution in [0.2, 0.25) is 0 Å². The summed E-state index contributed by atoms with van der Waals surface area (Å²) in [6.07, 6.45) is 3.12. The van der Waals surface area contributed by atoms with E-state index in [9.17, 15) is 10.1 Å². The van der Waals surface area contributed by atoms with Crippen molar-refractivity contribution in [2.75, 3.05) is 5.32 Å². The first kappa shape index (κ1) is 12.4. The van der Waals surface area contributed by atoms with E-state index in [0.717, 1.165) is 4.47 Å². The summed E-state index contributed by atoms with van der Waals surface area (Å²) >= 11 is 3.31. The molecule has 0 spiro atoms. The number of hydrogen-bond donors (Lipinski definition) is 1. The van der Waals surface area contributed by atoms with Crippen LogP contribution in [0.4, 0.5) is 17.2 Å². The normalized spacial score (nSPS) is 10.1. The average molecular weight is 309 g/mol. The number of aryl methyl sites for hydroxylation is 1. The Morgan fingerprint density at radius 3 is 2.72 bits per heavy atom. The SMILES string of the molecule is Cc1nccc(Nc2cc(Br)ccn2)c1[N+](=O)[O-]. The second-order valence-electron chi connectivity index (χ2n) is 3.53. The average Bonchev–Trinajstić information content (AvgIpc) is 2.28. The molecule has 18 heavy (non-hydrogen) atoms. The Labute approximate surface area is 111 Å². The molecule has 0 aromatic carbocycles. The third-order valence-corrected chi connectivity index (χ3v) is 2.77. The van der Waals surface area contributed by atoms with E-state index >= 15 is 0 Å². The highest BCUT2D eigenvalue weighted by Gasteiger charge is 2.18. The molecule has 2 aromatic rings. The van der Waals surface area contributed by atoms with Gasteiger partial charge in [-0.1, -0.05) is 15.9 Å². The molecule has 2 aromatic heterocycles. The highest BCUT2D eigenvalue weighted by atomic mass is 79.9. The lowest BCUT2D eigenvalue weighted by molar-refractivity contribution is -0.384. The van der Waals surface area contributed by atoms with Crippen LogP contribution in [0.15, 0.2) is 35.1 Å². The van der Waals surface area contributed by atoms with Crippen LogP contribution in [0.25, 0.3) is 0 Å². The second kappa shape index (κ2) is 5.09. The van der Waals surface area contributed by atoms with Crippen molar-refractivity contribution in [1.29, 1.82) is 0 Å². The molecule has 0 fully saturated rings. The number of nitrogens with zero attached hydrogens (tertiary/aromatic N) is 3. The Morgan fingerprint density at radius 1 is 1.33 bits per heavy atom. The van der Waals surface area contributed by atoms with Crippen LogP contribution in [0, 0.1) is 17.0 Å². The summed E-state index contributed by atoms with van der Waals surface area (Å²) in [5.74, 6) is 0.526. The van der Waals surface area contributed by atoms with E-state index in [4.69, 9.17) is 0 Å². The van der Waals surface area contributed by atoms with Gasteiger partial charge in [0.25, 0.3) is 0 Å². The van der Waals surface area contributed by atoms with Gasteiger partial charge in [-0.2, -0.15) is 0 Å². The quantitative estimate of drug-likeness (QED) is 0.695. The van der Waals surface area contributed by atoms with Gasteiger partial charge in [0, 0.05) is 16.9 Å². The highest BCUT2D eigenvalue weighted by Crippen LogP contribution is 2.29. The largest absolute Gasteiger partial charge is 0.334 e. The molecule has 7 heteroatoms. The monoisotopic (exact) mass is 308 g/mol. The van der Waals surface area contributed by atoms with Gasteiger partial charge in [-0.3, -0.25) is 15.1 Å². The molecule has 0 saturated heterocycles. The molecule has 0 unspecified atom stereocenters. The van der Waals surface area contributed by atoms with Gasteiger partial charge in [-0.05, 0) is 25.1 Å². The Hall–Kier alpha value is -2.02. The lowest BCUT2D eigenvalue weighted by Gasteiger charge is -2.07. The molecule has 0 amide bonds. The summed E-state index contributed by atoms with van der Waals surface area (Å²) in [5.41, 5.74) is 0.692. The first-order chi connectivity index (χ1) is 8.58. The molecule has 0 saturated carbocycles. The lowest BCUT2D eigenvalue weighted by Crippen LogP contribution is -2.01. The summed E-state index contributed by atoms with van der Waals surface area (Å²) in [5, 5.41) is 13.9. The van der Waals surface area contributed by atoms with Crippen LogP contribution in [0.5, 0.6) is 0 Å². The van der Waals surface area contributed by atoms with E-state index in [1.807, 2.05) is 0 Å². The molecule has 0 aliphatic carbocycles. The maximum atomic E-state index is 11.0. The van der Waals surface area contributed by atoms with Gasteiger partial charge in [0.15, 0.2) is 0 Å². The van der Waals surface area contributed by atoms with E-state index in [-0.39, 0.29) is 5.69 Å². The number of pyridine rings is 2. The van der Waals surface area contributed by atoms with Crippen molar-refractivity contribution in [3.63, 3.8) is 0 Å². The van der Waals surface area contributed by atoms with Gasteiger partial charge < -0.3 is 5.32 Å². The summed E-state index contributed by atoms with van der Waals surface area (Å²) < 4.78 is 0.841. The second-order valence-corrected chi connectivity index (χ2v) is 4.45. The van der Waals surface area contributed by atoms with Crippen LogP contribution < -0.4 is 5.32 Å². The van der Waals surface area contributed by atoms with Crippen molar-refractivity contribution in [3.05, 3.63) is 50.9 Å². The van der Waals surface area contributed by atoms with E-state index in [1.165, 1.54) is 6.20 Å². The van der Waals surface area contributed by atoms with Gasteiger partial charge >= 0.3 is 5.69 Å². The van der Waals surface area contributed by atoms with Crippen molar-refractivity contribution in [2.24, 2.45) is 0 Å². The fraction of sp³-hybridized carbons (Fsp3) is 0.0909. The van der Waals surface area contributed by atoms with Crippen LogP contribution >= 0.6 is 15.9 Å². The maximum absolute atomic E-state index is 11.0. The molecule has 1 N–H and O–H groups in total. The molecule has 0 radical (unpaired) electrons. The van der Waals surface area contributed by atoms with E-state index in [0.29, 0.717) is 17.2 Å². The number of hydrogen-bond acceptors (Lipinski definition) is 5. The molecular weight excluding hydrogens is 300 g/mol. The summed E-state index contributed by atoms with van der Waals surface area (Å²) in [4.78, 5) is 18.5. The van der Waals surface area contributed by atoms with E-state index in [1.54, 1.807) is 31.3 Å². The zero-order valence-corrected chi connectivity index (χ0v) is 11.0. The molecular formula is C11H9BrN4O2. The van der Waals surface area contributed by atoms with Crippen molar-refractivity contribution < 1.29 is 4.92 Å².